The van der Waals surface area contributed by atoms with E-state index in [1.807, 2.05) is 31.2 Å². The summed E-state index contributed by atoms with van der Waals surface area (Å²) in [5.41, 5.74) is 6.97. The molecule has 1 aliphatic heterocycles. The first-order valence-electron chi connectivity index (χ1n) is 7.07. The van der Waals surface area contributed by atoms with E-state index in [-0.39, 0.29) is 11.9 Å². The van der Waals surface area contributed by atoms with Crippen molar-refractivity contribution in [3.8, 4) is 0 Å². The van der Waals surface area contributed by atoms with Crippen molar-refractivity contribution in [1.82, 2.24) is 10.2 Å². The SMILES string of the molecule is C[C@@H](NC(=O)CN1CCC(N)CC1)c1cccc(Br)c1. The van der Waals surface area contributed by atoms with Crippen LogP contribution in [0.2, 0.25) is 0 Å². The van der Waals surface area contributed by atoms with Crippen LogP contribution in [0, 0.1) is 0 Å². The largest absolute Gasteiger partial charge is 0.348 e. The average molecular weight is 340 g/mol. The van der Waals surface area contributed by atoms with Crippen molar-refractivity contribution in [3.63, 3.8) is 0 Å². The summed E-state index contributed by atoms with van der Waals surface area (Å²) in [6.07, 6.45) is 1.96. The molecular weight excluding hydrogens is 318 g/mol. The number of likely N-dealkylation sites (tertiary alicyclic amines) is 1. The molecule has 1 saturated heterocycles. The molecule has 1 aromatic carbocycles. The molecule has 0 aliphatic carbocycles. The van der Waals surface area contributed by atoms with Crippen LogP contribution in [-0.4, -0.2) is 36.5 Å². The summed E-state index contributed by atoms with van der Waals surface area (Å²) in [4.78, 5) is 14.2. The molecule has 0 aromatic heterocycles. The molecule has 0 unspecified atom stereocenters. The molecule has 0 bridgehead atoms. The lowest BCUT2D eigenvalue weighted by atomic mass is 10.1. The van der Waals surface area contributed by atoms with Crippen molar-refractivity contribution >= 4 is 21.8 Å². The van der Waals surface area contributed by atoms with Crippen molar-refractivity contribution in [2.75, 3.05) is 19.6 Å². The maximum absolute atomic E-state index is 12.1. The van der Waals surface area contributed by atoms with E-state index in [1.54, 1.807) is 0 Å². The van der Waals surface area contributed by atoms with Crippen molar-refractivity contribution in [3.05, 3.63) is 34.3 Å². The maximum Gasteiger partial charge on any atom is 0.234 e. The molecule has 4 nitrogen and oxygen atoms in total. The maximum atomic E-state index is 12.1. The van der Waals surface area contributed by atoms with Gasteiger partial charge in [0.2, 0.25) is 5.91 Å². The zero-order valence-corrected chi connectivity index (χ0v) is 13.4. The number of carbonyl (C=O) groups is 1. The molecule has 0 saturated carbocycles. The monoisotopic (exact) mass is 339 g/mol. The first kappa shape index (κ1) is 15.5. The van der Waals surface area contributed by atoms with E-state index >= 15 is 0 Å². The lowest BCUT2D eigenvalue weighted by Crippen LogP contribution is -2.44. The first-order chi connectivity index (χ1) is 9.54. The Hall–Kier alpha value is -0.910. The molecule has 3 N–H and O–H groups in total. The number of rotatable bonds is 4. The Kier molecular flexibility index (Phi) is 5.57. The van der Waals surface area contributed by atoms with Gasteiger partial charge in [-0.1, -0.05) is 28.1 Å². The Morgan fingerprint density at radius 1 is 1.50 bits per heavy atom. The molecule has 5 heteroatoms. The van der Waals surface area contributed by atoms with E-state index in [4.69, 9.17) is 5.73 Å². The molecule has 0 radical (unpaired) electrons. The normalized spacial score (nSPS) is 18.8. The molecule has 1 aliphatic rings. The minimum Gasteiger partial charge on any atom is -0.348 e. The fourth-order valence-electron chi connectivity index (χ4n) is 2.46. The van der Waals surface area contributed by atoms with Gasteiger partial charge in [-0.2, -0.15) is 0 Å². The minimum atomic E-state index is 0.0204. The van der Waals surface area contributed by atoms with Crippen molar-refractivity contribution in [2.45, 2.75) is 31.8 Å². The smallest absolute Gasteiger partial charge is 0.234 e. The number of halogens is 1. The molecule has 1 aromatic rings. The van der Waals surface area contributed by atoms with E-state index in [0.29, 0.717) is 12.6 Å². The van der Waals surface area contributed by atoms with E-state index in [1.165, 1.54) is 0 Å². The van der Waals surface area contributed by atoms with Crippen LogP contribution in [0.3, 0.4) is 0 Å². The zero-order valence-electron chi connectivity index (χ0n) is 11.8. The minimum absolute atomic E-state index is 0.0204. The number of amides is 1. The molecular formula is C15H22BrN3O. The predicted molar refractivity (Wildman–Crippen MR) is 84.3 cm³/mol. The van der Waals surface area contributed by atoms with E-state index in [9.17, 15) is 4.79 Å². The predicted octanol–water partition coefficient (Wildman–Crippen LogP) is 2.05. The van der Waals surface area contributed by atoms with Gasteiger partial charge in [0, 0.05) is 23.6 Å². The average Bonchev–Trinajstić information content (AvgIpc) is 2.41. The Morgan fingerprint density at radius 3 is 2.85 bits per heavy atom. The summed E-state index contributed by atoms with van der Waals surface area (Å²) in [6.45, 7) is 4.30. The third kappa shape index (κ3) is 4.58. The topological polar surface area (TPSA) is 58.4 Å². The number of piperidine rings is 1. The Balaban J connectivity index is 1.82. The zero-order chi connectivity index (χ0) is 14.5. The van der Waals surface area contributed by atoms with Gasteiger partial charge in [0.25, 0.3) is 0 Å². The van der Waals surface area contributed by atoms with Gasteiger partial charge >= 0.3 is 0 Å². The molecule has 1 amide bonds. The summed E-state index contributed by atoms with van der Waals surface area (Å²) < 4.78 is 1.03. The van der Waals surface area contributed by atoms with Crippen LogP contribution in [0.5, 0.6) is 0 Å². The Labute approximate surface area is 128 Å². The number of hydrogen-bond donors (Lipinski definition) is 2. The summed E-state index contributed by atoms with van der Waals surface area (Å²) >= 11 is 3.45. The number of nitrogens with zero attached hydrogens (tertiary/aromatic N) is 1. The highest BCUT2D eigenvalue weighted by atomic mass is 79.9. The summed E-state index contributed by atoms with van der Waals surface area (Å²) in [5.74, 6) is 0.0768. The third-order valence-corrected chi connectivity index (χ3v) is 4.22. The van der Waals surface area contributed by atoms with E-state index in [2.05, 4.69) is 26.1 Å². The highest BCUT2D eigenvalue weighted by molar-refractivity contribution is 9.10. The number of nitrogens with one attached hydrogen (secondary N) is 1. The third-order valence-electron chi connectivity index (χ3n) is 3.73. The van der Waals surface area contributed by atoms with Gasteiger partial charge < -0.3 is 11.1 Å². The number of nitrogens with two attached hydrogens (primary N) is 1. The van der Waals surface area contributed by atoms with Gasteiger partial charge in [-0.05, 0) is 37.5 Å². The second kappa shape index (κ2) is 7.20. The number of carbonyl (C=O) groups excluding carboxylic acids is 1. The van der Waals surface area contributed by atoms with Crippen molar-refractivity contribution in [1.29, 1.82) is 0 Å². The van der Waals surface area contributed by atoms with Crippen LogP contribution >= 0.6 is 15.9 Å². The Morgan fingerprint density at radius 2 is 2.20 bits per heavy atom. The quantitative estimate of drug-likeness (QED) is 0.882. The van der Waals surface area contributed by atoms with Crippen molar-refractivity contribution in [2.24, 2.45) is 5.73 Å². The molecule has 2 rings (SSSR count). The highest BCUT2D eigenvalue weighted by Gasteiger charge is 2.19. The van der Waals surface area contributed by atoms with Crippen LogP contribution in [0.4, 0.5) is 0 Å². The highest BCUT2D eigenvalue weighted by Crippen LogP contribution is 2.17. The van der Waals surface area contributed by atoms with Gasteiger partial charge in [-0.15, -0.1) is 0 Å². The van der Waals surface area contributed by atoms with Crippen LogP contribution in [0.1, 0.15) is 31.4 Å². The van der Waals surface area contributed by atoms with E-state index in [0.717, 1.165) is 36.0 Å². The van der Waals surface area contributed by atoms with Gasteiger partial charge in [0.1, 0.15) is 0 Å². The first-order valence-corrected chi connectivity index (χ1v) is 7.86. The van der Waals surface area contributed by atoms with Gasteiger partial charge in [0.15, 0.2) is 0 Å². The van der Waals surface area contributed by atoms with Crippen LogP contribution in [0.15, 0.2) is 28.7 Å². The summed E-state index contributed by atoms with van der Waals surface area (Å²) in [5, 5.41) is 3.05. The Bertz CT molecular complexity index is 458. The fourth-order valence-corrected chi connectivity index (χ4v) is 2.88. The number of hydrogen-bond acceptors (Lipinski definition) is 3. The molecule has 20 heavy (non-hydrogen) atoms. The molecule has 1 atom stereocenters. The fraction of sp³-hybridized carbons (Fsp3) is 0.533. The molecule has 110 valence electrons. The van der Waals surface area contributed by atoms with E-state index < -0.39 is 0 Å². The second-order valence-corrected chi connectivity index (χ2v) is 6.37. The van der Waals surface area contributed by atoms with Gasteiger partial charge in [0.05, 0.1) is 12.6 Å². The van der Waals surface area contributed by atoms with Crippen LogP contribution in [0.25, 0.3) is 0 Å². The number of benzene rings is 1. The van der Waals surface area contributed by atoms with Crippen molar-refractivity contribution < 1.29 is 4.79 Å². The standard InChI is InChI=1S/C15H22BrN3O/c1-11(12-3-2-4-13(16)9-12)18-15(20)10-19-7-5-14(17)6-8-19/h2-4,9,11,14H,5-8,10,17H2,1H3,(H,18,20)/t11-/m1/s1. The lowest BCUT2D eigenvalue weighted by Gasteiger charge is -2.29. The van der Waals surface area contributed by atoms with Gasteiger partial charge in [-0.3, -0.25) is 9.69 Å². The van der Waals surface area contributed by atoms with Crippen LogP contribution < -0.4 is 11.1 Å². The summed E-state index contributed by atoms with van der Waals surface area (Å²) in [6, 6.07) is 8.34. The van der Waals surface area contributed by atoms with Gasteiger partial charge in [-0.25, -0.2) is 0 Å². The molecule has 1 heterocycles. The second-order valence-electron chi connectivity index (χ2n) is 5.46. The summed E-state index contributed by atoms with van der Waals surface area (Å²) in [7, 11) is 0. The lowest BCUT2D eigenvalue weighted by molar-refractivity contribution is -0.123. The van der Waals surface area contributed by atoms with Crippen LogP contribution in [-0.2, 0) is 4.79 Å². The molecule has 0 spiro atoms. The molecule has 1 fully saturated rings.